The first kappa shape index (κ1) is 14.3. The van der Waals surface area contributed by atoms with Gasteiger partial charge in [-0.1, -0.05) is 42.5 Å². The Labute approximate surface area is 124 Å². The highest BCUT2D eigenvalue weighted by molar-refractivity contribution is 7.13. The van der Waals surface area contributed by atoms with E-state index in [2.05, 4.69) is 37.8 Å². The number of hydrogen-bond acceptors (Lipinski definition) is 1. The van der Waals surface area contributed by atoms with Gasteiger partial charge in [-0.05, 0) is 43.5 Å². The Morgan fingerprint density at radius 2 is 1.60 bits per heavy atom. The molecule has 1 aromatic carbocycles. The maximum atomic E-state index is 6.91. The van der Waals surface area contributed by atoms with Gasteiger partial charge < -0.3 is 0 Å². The number of rotatable bonds is 3. The normalized spacial score (nSPS) is 11.3. The minimum atomic E-state index is 0.679. The van der Waals surface area contributed by atoms with Gasteiger partial charge in [-0.2, -0.15) is 0 Å². The molecule has 0 radical (unpaired) electrons. The van der Waals surface area contributed by atoms with Gasteiger partial charge in [-0.3, -0.25) is 0 Å². The highest BCUT2D eigenvalue weighted by Crippen LogP contribution is 2.27. The van der Waals surface area contributed by atoms with Crippen molar-refractivity contribution < 1.29 is 0 Å². The van der Waals surface area contributed by atoms with Crippen molar-refractivity contribution in [2.45, 2.75) is 20.8 Å². The zero-order valence-corrected chi connectivity index (χ0v) is 12.8. The third-order valence-corrected chi connectivity index (χ3v) is 4.67. The summed E-state index contributed by atoms with van der Waals surface area (Å²) in [5, 5.41) is 0. The Morgan fingerprint density at radius 3 is 2.15 bits per heavy atom. The number of nitrogens with zero attached hydrogens (tertiary/aromatic N) is 1. The van der Waals surface area contributed by atoms with E-state index >= 15 is 0 Å². The smallest absolute Gasteiger partial charge is 0.187 e. The summed E-state index contributed by atoms with van der Waals surface area (Å²) in [6, 6.07) is 7.60. The van der Waals surface area contributed by atoms with E-state index in [-0.39, 0.29) is 0 Å². The van der Waals surface area contributed by atoms with E-state index < -0.39 is 0 Å². The maximum Gasteiger partial charge on any atom is 0.187 e. The second-order valence-corrected chi connectivity index (χ2v) is 5.95. The molecule has 0 unspecified atom stereocenters. The van der Waals surface area contributed by atoms with Crippen molar-refractivity contribution >= 4 is 29.2 Å². The molecule has 2 rings (SSSR count). The lowest BCUT2D eigenvalue weighted by atomic mass is 10.1. The van der Waals surface area contributed by atoms with Crippen molar-refractivity contribution in [3.05, 3.63) is 74.3 Å². The molecule has 0 spiro atoms. The molecule has 1 aromatic heterocycles. The predicted octanol–water partition coefficient (Wildman–Crippen LogP) is 5.95. The molecule has 0 amide bonds. The molecule has 0 aliphatic rings. The number of allylic oxidation sites excluding steroid dienone is 2. The predicted molar refractivity (Wildman–Crippen MR) is 89.3 cm³/mol. The van der Waals surface area contributed by atoms with Gasteiger partial charge in [0.25, 0.3) is 0 Å². The SMILES string of the molecule is [C-]#[N+]c1ccc(C=CC=Cc2sc(C)c(C)c2C)cc1. The van der Waals surface area contributed by atoms with Crippen LogP contribution in [-0.2, 0) is 0 Å². The molecule has 0 saturated carbocycles. The van der Waals surface area contributed by atoms with Crippen LogP contribution in [0.15, 0.2) is 36.4 Å². The van der Waals surface area contributed by atoms with Gasteiger partial charge >= 0.3 is 0 Å². The Bertz CT molecular complexity index is 694. The minimum absolute atomic E-state index is 0.679. The summed E-state index contributed by atoms with van der Waals surface area (Å²) in [5.41, 5.74) is 4.56. The largest absolute Gasteiger partial charge is 0.238 e. The van der Waals surface area contributed by atoms with Gasteiger partial charge in [0.15, 0.2) is 5.69 Å². The van der Waals surface area contributed by atoms with Crippen molar-refractivity contribution in [2.24, 2.45) is 0 Å². The highest BCUT2D eigenvalue weighted by Gasteiger charge is 2.04. The lowest BCUT2D eigenvalue weighted by Crippen LogP contribution is -1.74. The van der Waals surface area contributed by atoms with E-state index in [0.717, 1.165) is 5.56 Å². The summed E-state index contributed by atoms with van der Waals surface area (Å²) in [6.45, 7) is 13.4. The van der Waals surface area contributed by atoms with E-state index in [0.29, 0.717) is 5.69 Å². The quantitative estimate of drug-likeness (QED) is 0.483. The van der Waals surface area contributed by atoms with Crippen molar-refractivity contribution in [1.82, 2.24) is 0 Å². The molecule has 1 nitrogen and oxygen atoms in total. The summed E-state index contributed by atoms with van der Waals surface area (Å²) >= 11 is 1.84. The third-order valence-electron chi connectivity index (χ3n) is 3.39. The lowest BCUT2D eigenvalue weighted by molar-refractivity contribution is 1.34. The van der Waals surface area contributed by atoms with Crippen LogP contribution in [0, 0.1) is 27.3 Å². The molecule has 2 heteroatoms. The summed E-state index contributed by atoms with van der Waals surface area (Å²) in [5.74, 6) is 0. The molecule has 0 bridgehead atoms. The Morgan fingerprint density at radius 1 is 0.950 bits per heavy atom. The van der Waals surface area contributed by atoms with Gasteiger partial charge in [0.2, 0.25) is 0 Å². The average Bonchev–Trinajstić information content (AvgIpc) is 2.71. The van der Waals surface area contributed by atoms with Gasteiger partial charge in [0, 0.05) is 9.75 Å². The van der Waals surface area contributed by atoms with E-state index in [4.69, 9.17) is 6.57 Å². The van der Waals surface area contributed by atoms with Crippen molar-refractivity contribution in [1.29, 1.82) is 0 Å². The Hall–Kier alpha value is -2.11. The molecule has 0 saturated heterocycles. The van der Waals surface area contributed by atoms with Gasteiger partial charge in [0.1, 0.15) is 0 Å². The van der Waals surface area contributed by atoms with Crippen molar-refractivity contribution in [2.75, 3.05) is 0 Å². The fourth-order valence-electron chi connectivity index (χ4n) is 1.90. The number of thiophene rings is 1. The first-order valence-electron chi connectivity index (χ1n) is 6.50. The van der Waals surface area contributed by atoms with Crippen LogP contribution in [0.5, 0.6) is 0 Å². The summed E-state index contributed by atoms with van der Waals surface area (Å²) in [4.78, 5) is 6.10. The monoisotopic (exact) mass is 279 g/mol. The molecule has 0 aliphatic carbocycles. The Balaban J connectivity index is 2.07. The molecular weight excluding hydrogens is 262 g/mol. The summed E-state index contributed by atoms with van der Waals surface area (Å²) in [6.07, 6.45) is 8.31. The van der Waals surface area contributed by atoms with Crippen LogP contribution in [-0.4, -0.2) is 0 Å². The molecular formula is C18H17NS. The maximum absolute atomic E-state index is 6.91. The van der Waals surface area contributed by atoms with Gasteiger partial charge in [-0.25, -0.2) is 4.85 Å². The van der Waals surface area contributed by atoms with Gasteiger partial charge in [0.05, 0.1) is 6.57 Å². The second-order valence-electron chi connectivity index (χ2n) is 4.69. The van der Waals surface area contributed by atoms with Crippen LogP contribution >= 0.6 is 11.3 Å². The molecule has 0 atom stereocenters. The number of aryl methyl sites for hydroxylation is 1. The summed E-state index contributed by atoms with van der Waals surface area (Å²) < 4.78 is 0. The van der Waals surface area contributed by atoms with Crippen LogP contribution in [0.3, 0.4) is 0 Å². The average molecular weight is 279 g/mol. The number of hydrogen-bond donors (Lipinski definition) is 0. The molecule has 20 heavy (non-hydrogen) atoms. The Kier molecular flexibility index (Phi) is 4.55. The lowest BCUT2D eigenvalue weighted by Gasteiger charge is -1.92. The van der Waals surface area contributed by atoms with Crippen LogP contribution < -0.4 is 0 Å². The molecule has 0 aliphatic heterocycles. The van der Waals surface area contributed by atoms with Crippen LogP contribution in [0.1, 0.15) is 26.4 Å². The second kappa shape index (κ2) is 6.36. The number of benzene rings is 1. The molecule has 0 fully saturated rings. The van der Waals surface area contributed by atoms with Crippen LogP contribution in [0.4, 0.5) is 5.69 Å². The topological polar surface area (TPSA) is 4.36 Å². The fourth-order valence-corrected chi connectivity index (χ4v) is 2.98. The van der Waals surface area contributed by atoms with E-state index in [1.807, 2.05) is 47.8 Å². The highest BCUT2D eigenvalue weighted by atomic mass is 32.1. The first-order valence-corrected chi connectivity index (χ1v) is 7.32. The molecule has 100 valence electrons. The van der Waals surface area contributed by atoms with Crippen molar-refractivity contribution in [3.8, 4) is 0 Å². The zero-order valence-electron chi connectivity index (χ0n) is 12.0. The zero-order chi connectivity index (χ0) is 14.5. The summed E-state index contributed by atoms with van der Waals surface area (Å²) in [7, 11) is 0. The van der Waals surface area contributed by atoms with E-state index in [9.17, 15) is 0 Å². The molecule has 0 N–H and O–H groups in total. The molecule has 2 aromatic rings. The molecule has 1 heterocycles. The van der Waals surface area contributed by atoms with Crippen LogP contribution in [0.25, 0.3) is 17.0 Å². The first-order chi connectivity index (χ1) is 9.61. The van der Waals surface area contributed by atoms with Crippen molar-refractivity contribution in [3.63, 3.8) is 0 Å². The van der Waals surface area contributed by atoms with Gasteiger partial charge in [-0.15, -0.1) is 11.3 Å². The van der Waals surface area contributed by atoms with Crippen LogP contribution in [0.2, 0.25) is 0 Å². The third kappa shape index (κ3) is 3.26. The fraction of sp³-hybridized carbons (Fsp3) is 0.167. The minimum Gasteiger partial charge on any atom is -0.238 e. The van der Waals surface area contributed by atoms with E-state index in [1.54, 1.807) is 0 Å². The standard InChI is InChI=1S/C18H17NS/c1-13-14(2)18(20-15(13)3)8-6-5-7-16-9-11-17(19-4)12-10-16/h5-12H,1-3H3. The van der Waals surface area contributed by atoms with E-state index in [1.165, 1.54) is 20.9 Å².